The highest BCUT2D eigenvalue weighted by Crippen LogP contribution is 2.45. The van der Waals surface area contributed by atoms with Gasteiger partial charge in [0.2, 0.25) is 15.9 Å². The normalized spacial score (nSPS) is 19.5. The summed E-state index contributed by atoms with van der Waals surface area (Å²) < 4.78 is 51.9. The van der Waals surface area contributed by atoms with Gasteiger partial charge in [-0.1, -0.05) is 11.6 Å². The van der Waals surface area contributed by atoms with Crippen LogP contribution in [-0.2, 0) is 23.0 Å². The van der Waals surface area contributed by atoms with Crippen molar-refractivity contribution in [1.82, 2.24) is 28.9 Å². The van der Waals surface area contributed by atoms with Gasteiger partial charge in [-0.25, -0.2) is 22.5 Å². The molecule has 0 spiro atoms. The second-order valence-corrected chi connectivity index (χ2v) is 11.6. The molecule has 38 heavy (non-hydrogen) atoms. The zero-order chi connectivity index (χ0) is 26.3. The number of halogens is 1. The van der Waals surface area contributed by atoms with Crippen LogP contribution in [0.2, 0.25) is 0 Å². The van der Waals surface area contributed by atoms with E-state index in [1.165, 1.54) is 18.3 Å². The van der Waals surface area contributed by atoms with Crippen LogP contribution in [0.15, 0.2) is 77.7 Å². The molecule has 3 aromatic heterocycles. The van der Waals surface area contributed by atoms with E-state index in [9.17, 15) is 12.8 Å². The number of hydrogen-bond acceptors (Lipinski definition) is 6. The van der Waals surface area contributed by atoms with Crippen molar-refractivity contribution < 1.29 is 17.5 Å². The smallest absolute Gasteiger partial charge is 0.246 e. The molecule has 196 valence electrons. The largest absolute Gasteiger partial charge is 0.477 e. The topological polar surface area (TPSA) is 95.1 Å². The van der Waals surface area contributed by atoms with Gasteiger partial charge in [-0.15, -0.1) is 0 Å². The molecule has 11 heteroatoms. The van der Waals surface area contributed by atoms with E-state index in [4.69, 9.17) is 4.74 Å². The minimum Gasteiger partial charge on any atom is -0.477 e. The molecular formula is C27H27FN6O3S. The van der Waals surface area contributed by atoms with Gasteiger partial charge in [-0.2, -0.15) is 14.5 Å². The number of ether oxygens (including phenoxy) is 1. The lowest BCUT2D eigenvalue weighted by Crippen LogP contribution is -2.51. The third kappa shape index (κ3) is 4.31. The predicted molar refractivity (Wildman–Crippen MR) is 139 cm³/mol. The van der Waals surface area contributed by atoms with Gasteiger partial charge in [-0.3, -0.25) is 4.68 Å². The molecule has 0 saturated carbocycles. The molecule has 6 rings (SSSR count). The Kier molecular flexibility index (Phi) is 6.11. The molecule has 2 aliphatic rings. The predicted octanol–water partition coefficient (Wildman–Crippen LogP) is 3.72. The summed E-state index contributed by atoms with van der Waals surface area (Å²) in [4.78, 5) is 4.48. The maximum absolute atomic E-state index is 13.6. The molecule has 0 radical (unpaired) electrons. The molecule has 1 aliphatic heterocycles. The molecule has 0 N–H and O–H groups in total. The first kappa shape index (κ1) is 24.5. The Balaban J connectivity index is 1.37. The molecule has 0 amide bonds. The van der Waals surface area contributed by atoms with Gasteiger partial charge in [0.15, 0.2) is 0 Å². The van der Waals surface area contributed by atoms with Gasteiger partial charge in [0.25, 0.3) is 0 Å². The summed E-state index contributed by atoms with van der Waals surface area (Å²) >= 11 is 0. The van der Waals surface area contributed by atoms with Crippen LogP contribution in [0, 0.1) is 11.2 Å². The Hall–Kier alpha value is -3.83. The van der Waals surface area contributed by atoms with Crippen LogP contribution >= 0.6 is 0 Å². The lowest BCUT2D eigenvalue weighted by atomic mass is 9.69. The molecule has 1 atom stereocenters. The Labute approximate surface area is 220 Å². The van der Waals surface area contributed by atoms with Gasteiger partial charge < -0.3 is 4.74 Å². The number of benzene rings is 1. The van der Waals surface area contributed by atoms with E-state index in [0.717, 1.165) is 22.5 Å². The minimum atomic E-state index is -3.75. The van der Waals surface area contributed by atoms with Crippen molar-refractivity contribution in [2.75, 3.05) is 19.7 Å². The van der Waals surface area contributed by atoms with E-state index < -0.39 is 15.4 Å². The second kappa shape index (κ2) is 9.48. The van der Waals surface area contributed by atoms with Crippen molar-refractivity contribution >= 4 is 16.1 Å². The fourth-order valence-corrected chi connectivity index (χ4v) is 6.74. The molecule has 9 nitrogen and oxygen atoms in total. The van der Waals surface area contributed by atoms with Gasteiger partial charge in [0.05, 0.1) is 23.8 Å². The first-order chi connectivity index (χ1) is 18.4. The van der Waals surface area contributed by atoms with E-state index >= 15 is 0 Å². The number of sulfonamides is 1. The molecule has 1 saturated heterocycles. The van der Waals surface area contributed by atoms with Gasteiger partial charge in [0.1, 0.15) is 17.3 Å². The van der Waals surface area contributed by atoms with Crippen molar-refractivity contribution in [1.29, 1.82) is 0 Å². The molecule has 1 aromatic carbocycles. The summed E-state index contributed by atoms with van der Waals surface area (Å²) in [5, 5.41) is 8.76. The number of aromatic nitrogens is 5. The summed E-state index contributed by atoms with van der Waals surface area (Å²) in [6.45, 7) is 3.36. The third-order valence-corrected chi connectivity index (χ3v) is 9.09. The molecular weight excluding hydrogens is 507 g/mol. The fourth-order valence-electron chi connectivity index (χ4n) is 5.26. The summed E-state index contributed by atoms with van der Waals surface area (Å²) in [7, 11) is -3.75. The number of nitrogens with zero attached hydrogens (tertiary/aromatic N) is 6. The Morgan fingerprint density at radius 2 is 1.95 bits per heavy atom. The van der Waals surface area contributed by atoms with Gasteiger partial charge in [0, 0.05) is 43.5 Å². The third-order valence-electron chi connectivity index (χ3n) is 7.29. The maximum Gasteiger partial charge on any atom is 0.246 e. The first-order valence-corrected chi connectivity index (χ1v) is 13.9. The summed E-state index contributed by atoms with van der Waals surface area (Å²) in [6, 6.07) is 11.7. The van der Waals surface area contributed by atoms with E-state index in [2.05, 4.69) is 21.3 Å². The zero-order valence-electron chi connectivity index (χ0n) is 20.9. The Morgan fingerprint density at radius 3 is 2.68 bits per heavy atom. The molecule has 1 unspecified atom stereocenters. The minimum absolute atomic E-state index is 0.188. The number of rotatable bonds is 7. The summed E-state index contributed by atoms with van der Waals surface area (Å²) in [6.07, 6.45) is 9.63. The van der Waals surface area contributed by atoms with E-state index in [-0.39, 0.29) is 23.9 Å². The fraction of sp³-hybridized carbons (Fsp3) is 0.296. The van der Waals surface area contributed by atoms with Crippen molar-refractivity contribution in [3.05, 3.63) is 89.9 Å². The number of hydrogen-bond donors (Lipinski definition) is 0. The quantitative estimate of drug-likeness (QED) is 0.359. The summed E-state index contributed by atoms with van der Waals surface area (Å²) in [5.74, 6) is 0.176. The standard InChI is InChI=1S/C27H27FN6O3S/c1-2-32-17-24(16-30-32)38(35,36)33-12-10-21-13-25-20(15-31-34(25)23-8-6-22(28)7-9-23)14-27(21,18-33)19-37-26-5-3-4-11-29-26/h3-9,11,13,15-17H,2,10,12,14,18-19H2,1H3. The molecule has 1 fully saturated rings. The molecule has 0 bridgehead atoms. The van der Waals surface area contributed by atoms with Gasteiger partial charge >= 0.3 is 0 Å². The van der Waals surface area contributed by atoms with E-state index in [1.807, 2.05) is 19.1 Å². The zero-order valence-corrected chi connectivity index (χ0v) is 21.7. The molecule has 4 heterocycles. The summed E-state index contributed by atoms with van der Waals surface area (Å²) in [5.41, 5.74) is 3.14. The Bertz CT molecular complexity index is 1600. The van der Waals surface area contributed by atoms with Crippen molar-refractivity contribution in [2.24, 2.45) is 5.41 Å². The van der Waals surface area contributed by atoms with Crippen LogP contribution in [0.4, 0.5) is 4.39 Å². The lowest BCUT2D eigenvalue weighted by Gasteiger charge is -2.45. The highest BCUT2D eigenvalue weighted by molar-refractivity contribution is 7.89. The number of pyridine rings is 1. The van der Waals surface area contributed by atoms with Crippen molar-refractivity contribution in [3.63, 3.8) is 0 Å². The number of fused-ring (bicyclic) bond motifs is 2. The van der Waals surface area contributed by atoms with Crippen LogP contribution in [0.25, 0.3) is 11.8 Å². The highest BCUT2D eigenvalue weighted by atomic mass is 32.2. The van der Waals surface area contributed by atoms with Crippen LogP contribution in [-0.4, -0.2) is 57.0 Å². The van der Waals surface area contributed by atoms with Crippen LogP contribution in [0.5, 0.6) is 5.88 Å². The average Bonchev–Trinajstić information content (AvgIpc) is 3.59. The van der Waals surface area contributed by atoms with Gasteiger partial charge in [-0.05, 0) is 61.7 Å². The van der Waals surface area contributed by atoms with Crippen LogP contribution in [0.1, 0.15) is 24.6 Å². The number of aryl methyl sites for hydroxylation is 1. The molecule has 1 aliphatic carbocycles. The van der Waals surface area contributed by atoms with E-state index in [1.54, 1.807) is 50.5 Å². The van der Waals surface area contributed by atoms with Crippen molar-refractivity contribution in [2.45, 2.75) is 31.2 Å². The molecule has 4 aromatic rings. The van der Waals surface area contributed by atoms with E-state index in [0.29, 0.717) is 31.8 Å². The monoisotopic (exact) mass is 534 g/mol. The number of piperidine rings is 1. The van der Waals surface area contributed by atoms with Crippen LogP contribution < -0.4 is 4.74 Å². The second-order valence-electron chi connectivity index (χ2n) is 9.65. The first-order valence-electron chi connectivity index (χ1n) is 12.5. The highest BCUT2D eigenvalue weighted by Gasteiger charge is 2.47. The Morgan fingerprint density at radius 1 is 1.11 bits per heavy atom. The average molecular weight is 535 g/mol. The maximum atomic E-state index is 13.6. The lowest BCUT2D eigenvalue weighted by molar-refractivity contribution is 0.122. The van der Waals surface area contributed by atoms with Crippen LogP contribution in [0.3, 0.4) is 0 Å². The SMILES string of the molecule is CCn1cc(S(=O)(=O)N2CCC3=Cc4c(cnn4-c4ccc(F)cc4)CC3(COc3ccccn3)C2)cn1. The van der Waals surface area contributed by atoms with Crippen molar-refractivity contribution in [3.8, 4) is 11.6 Å².